The summed E-state index contributed by atoms with van der Waals surface area (Å²) in [5.41, 5.74) is 3.33. The van der Waals surface area contributed by atoms with Crippen molar-refractivity contribution >= 4 is 17.5 Å². The van der Waals surface area contributed by atoms with E-state index >= 15 is 0 Å². The summed E-state index contributed by atoms with van der Waals surface area (Å²) in [4.78, 5) is 17.0. The van der Waals surface area contributed by atoms with Gasteiger partial charge in [0.25, 0.3) is 5.91 Å². The number of halogens is 1. The van der Waals surface area contributed by atoms with Crippen molar-refractivity contribution in [1.29, 1.82) is 0 Å². The normalized spacial score (nSPS) is 20.3. The molecule has 4 heteroatoms. The third kappa shape index (κ3) is 4.36. The highest BCUT2D eigenvalue weighted by atomic mass is 35.5. The van der Waals surface area contributed by atoms with E-state index in [1.54, 1.807) is 0 Å². The molecule has 0 N–H and O–H groups in total. The van der Waals surface area contributed by atoms with Crippen LogP contribution < -0.4 is 0 Å². The largest absolute Gasteiger partial charge is 0.339 e. The van der Waals surface area contributed by atoms with E-state index in [1.807, 2.05) is 29.2 Å². The van der Waals surface area contributed by atoms with E-state index < -0.39 is 0 Å². The van der Waals surface area contributed by atoms with Gasteiger partial charge in [0, 0.05) is 36.3 Å². The standard InChI is InChI=1S/C23H27ClN2O/c24-22-8-2-1-6-20(22)16-21-7-5-15-26(21)17-18-9-11-19(12-10-18)23(27)25-13-3-4-14-25/h1-2,6,8-12,21H,3-5,7,13-17H2. The molecule has 3 nitrogen and oxygen atoms in total. The van der Waals surface area contributed by atoms with Gasteiger partial charge in [-0.15, -0.1) is 0 Å². The third-order valence-corrected chi connectivity index (χ3v) is 6.26. The van der Waals surface area contributed by atoms with Gasteiger partial charge in [0.2, 0.25) is 0 Å². The number of benzene rings is 2. The van der Waals surface area contributed by atoms with Crippen LogP contribution >= 0.6 is 11.6 Å². The molecular weight excluding hydrogens is 356 g/mol. The molecule has 0 saturated carbocycles. The van der Waals surface area contributed by atoms with Gasteiger partial charge in [-0.1, -0.05) is 41.9 Å². The molecule has 27 heavy (non-hydrogen) atoms. The highest BCUT2D eigenvalue weighted by Crippen LogP contribution is 2.26. The van der Waals surface area contributed by atoms with Crippen molar-refractivity contribution < 1.29 is 4.79 Å². The highest BCUT2D eigenvalue weighted by Gasteiger charge is 2.25. The summed E-state index contributed by atoms with van der Waals surface area (Å²) >= 11 is 6.36. The van der Waals surface area contributed by atoms with Crippen molar-refractivity contribution in [1.82, 2.24) is 9.80 Å². The van der Waals surface area contributed by atoms with Crippen molar-refractivity contribution in [2.45, 2.75) is 44.7 Å². The summed E-state index contributed by atoms with van der Waals surface area (Å²) in [6.07, 6.45) is 5.72. The van der Waals surface area contributed by atoms with Gasteiger partial charge in [-0.2, -0.15) is 0 Å². The van der Waals surface area contributed by atoms with Crippen LogP contribution in [0.3, 0.4) is 0 Å². The fourth-order valence-corrected chi connectivity index (χ4v) is 4.56. The van der Waals surface area contributed by atoms with Crippen LogP contribution in [0.1, 0.15) is 47.2 Å². The maximum absolute atomic E-state index is 12.5. The Kier molecular flexibility index (Phi) is 5.80. The van der Waals surface area contributed by atoms with Crippen LogP contribution in [0.5, 0.6) is 0 Å². The zero-order valence-electron chi connectivity index (χ0n) is 15.7. The molecule has 1 atom stereocenters. The van der Waals surface area contributed by atoms with Crippen molar-refractivity contribution in [2.24, 2.45) is 0 Å². The van der Waals surface area contributed by atoms with Gasteiger partial charge >= 0.3 is 0 Å². The van der Waals surface area contributed by atoms with Crippen molar-refractivity contribution in [3.63, 3.8) is 0 Å². The molecule has 1 unspecified atom stereocenters. The Morgan fingerprint density at radius 3 is 2.44 bits per heavy atom. The molecule has 142 valence electrons. The lowest BCUT2D eigenvalue weighted by Gasteiger charge is -2.25. The van der Waals surface area contributed by atoms with E-state index in [-0.39, 0.29) is 5.91 Å². The Hall–Kier alpha value is -1.84. The molecule has 0 spiro atoms. The minimum absolute atomic E-state index is 0.178. The van der Waals surface area contributed by atoms with Gasteiger partial charge in [-0.25, -0.2) is 0 Å². The number of hydrogen-bond acceptors (Lipinski definition) is 2. The first-order valence-electron chi connectivity index (χ1n) is 10.1. The second-order valence-electron chi connectivity index (χ2n) is 7.76. The average molecular weight is 383 g/mol. The van der Waals surface area contributed by atoms with Gasteiger partial charge < -0.3 is 4.90 Å². The molecule has 0 bridgehead atoms. The molecule has 2 heterocycles. The molecule has 0 aromatic heterocycles. The maximum Gasteiger partial charge on any atom is 0.253 e. The molecule has 2 fully saturated rings. The van der Waals surface area contributed by atoms with E-state index in [2.05, 4.69) is 29.2 Å². The quantitative estimate of drug-likeness (QED) is 0.742. The molecular formula is C23H27ClN2O. The summed E-state index contributed by atoms with van der Waals surface area (Å²) in [6.45, 7) is 3.87. The Bertz CT molecular complexity index is 783. The maximum atomic E-state index is 12.5. The minimum atomic E-state index is 0.178. The van der Waals surface area contributed by atoms with Crippen LogP contribution in [-0.2, 0) is 13.0 Å². The first-order valence-corrected chi connectivity index (χ1v) is 10.4. The lowest BCUT2D eigenvalue weighted by atomic mass is 10.0. The molecule has 2 aliphatic rings. The zero-order valence-corrected chi connectivity index (χ0v) is 16.5. The smallest absolute Gasteiger partial charge is 0.253 e. The minimum Gasteiger partial charge on any atom is -0.339 e. The number of carbonyl (C=O) groups excluding carboxylic acids is 1. The van der Waals surface area contributed by atoms with E-state index in [0.29, 0.717) is 6.04 Å². The van der Waals surface area contributed by atoms with Gasteiger partial charge in [-0.05, 0) is 68.0 Å². The molecule has 0 aliphatic carbocycles. The topological polar surface area (TPSA) is 23.6 Å². The number of likely N-dealkylation sites (tertiary alicyclic amines) is 2. The number of rotatable bonds is 5. The van der Waals surface area contributed by atoms with Crippen LogP contribution in [0.25, 0.3) is 0 Å². The van der Waals surface area contributed by atoms with E-state index in [4.69, 9.17) is 11.6 Å². The monoisotopic (exact) mass is 382 g/mol. The first-order chi connectivity index (χ1) is 13.2. The SMILES string of the molecule is O=C(c1ccc(CN2CCCC2Cc2ccccc2Cl)cc1)N1CCCC1. The van der Waals surface area contributed by atoms with E-state index in [1.165, 1.54) is 24.0 Å². The van der Waals surface area contributed by atoms with Crippen LogP contribution in [0.15, 0.2) is 48.5 Å². The summed E-state index contributed by atoms with van der Waals surface area (Å²) in [7, 11) is 0. The second kappa shape index (κ2) is 8.45. The Labute approximate surface area is 166 Å². The van der Waals surface area contributed by atoms with Gasteiger partial charge in [0.05, 0.1) is 0 Å². The predicted octanol–water partition coefficient (Wildman–Crippen LogP) is 4.78. The average Bonchev–Trinajstić information content (AvgIpc) is 3.36. The van der Waals surface area contributed by atoms with Crippen LogP contribution in [0.2, 0.25) is 5.02 Å². The van der Waals surface area contributed by atoms with Crippen LogP contribution in [0.4, 0.5) is 0 Å². The summed E-state index contributed by atoms with van der Waals surface area (Å²) in [6, 6.07) is 16.9. The van der Waals surface area contributed by atoms with E-state index in [9.17, 15) is 4.79 Å². The molecule has 1 amide bonds. The number of amides is 1. The molecule has 4 rings (SSSR count). The van der Waals surface area contributed by atoms with Crippen LogP contribution in [-0.4, -0.2) is 41.4 Å². The lowest BCUT2D eigenvalue weighted by Crippen LogP contribution is -2.31. The summed E-state index contributed by atoms with van der Waals surface area (Å²) in [5, 5.41) is 0.870. The summed E-state index contributed by atoms with van der Waals surface area (Å²) in [5.74, 6) is 0.178. The van der Waals surface area contributed by atoms with E-state index in [0.717, 1.165) is 56.0 Å². The van der Waals surface area contributed by atoms with Gasteiger partial charge in [0.15, 0.2) is 0 Å². The predicted molar refractivity (Wildman–Crippen MR) is 110 cm³/mol. The van der Waals surface area contributed by atoms with Crippen LogP contribution in [0, 0.1) is 0 Å². The molecule has 2 aromatic carbocycles. The molecule has 2 saturated heterocycles. The van der Waals surface area contributed by atoms with Crippen molar-refractivity contribution in [3.05, 3.63) is 70.2 Å². The van der Waals surface area contributed by atoms with Gasteiger partial charge in [-0.3, -0.25) is 9.69 Å². The lowest BCUT2D eigenvalue weighted by molar-refractivity contribution is 0.0793. The second-order valence-corrected chi connectivity index (χ2v) is 8.17. The first kappa shape index (κ1) is 18.5. The fourth-order valence-electron chi connectivity index (χ4n) is 4.34. The van der Waals surface area contributed by atoms with Crippen molar-refractivity contribution in [3.8, 4) is 0 Å². The number of nitrogens with zero attached hydrogens (tertiary/aromatic N) is 2. The Morgan fingerprint density at radius 2 is 1.70 bits per heavy atom. The molecule has 2 aliphatic heterocycles. The highest BCUT2D eigenvalue weighted by molar-refractivity contribution is 6.31. The van der Waals surface area contributed by atoms with Gasteiger partial charge in [0.1, 0.15) is 0 Å². The van der Waals surface area contributed by atoms with Crippen molar-refractivity contribution in [2.75, 3.05) is 19.6 Å². The number of hydrogen-bond donors (Lipinski definition) is 0. The summed E-state index contributed by atoms with van der Waals surface area (Å²) < 4.78 is 0. The third-order valence-electron chi connectivity index (χ3n) is 5.89. The zero-order chi connectivity index (χ0) is 18.6. The number of carbonyl (C=O) groups is 1. The molecule has 2 aromatic rings. The fraction of sp³-hybridized carbons (Fsp3) is 0.435. The Morgan fingerprint density at radius 1 is 0.963 bits per heavy atom. The Balaban J connectivity index is 1.39. The molecule has 0 radical (unpaired) electrons.